The van der Waals surface area contributed by atoms with E-state index >= 15 is 0 Å². The number of aryl methyl sites for hydroxylation is 1. The number of rotatable bonds is 9. The Morgan fingerprint density at radius 2 is 2.00 bits per heavy atom. The van der Waals surface area contributed by atoms with E-state index in [4.69, 9.17) is 9.47 Å². The number of ketones is 1. The average molecular weight is 427 g/mol. The highest BCUT2D eigenvalue weighted by atomic mass is 32.1. The van der Waals surface area contributed by atoms with Crippen LogP contribution in [0, 0.1) is 18.3 Å². The molecule has 0 radical (unpaired) electrons. The topological polar surface area (TPSA) is 118 Å². The van der Waals surface area contributed by atoms with Crippen LogP contribution in [0.2, 0.25) is 0 Å². The minimum absolute atomic E-state index is 0.362. The molecule has 9 heteroatoms. The Hall–Kier alpha value is -3.51. The molecule has 156 valence electrons. The first-order valence-corrected chi connectivity index (χ1v) is 9.85. The Morgan fingerprint density at radius 1 is 1.30 bits per heavy atom. The molecule has 1 aromatic carbocycles. The van der Waals surface area contributed by atoms with Crippen LogP contribution in [0.4, 0.5) is 0 Å². The van der Waals surface area contributed by atoms with Crippen molar-refractivity contribution in [1.82, 2.24) is 10.3 Å². The molecule has 30 heavy (non-hydrogen) atoms. The molecule has 1 amide bonds. The molecular weight excluding hydrogens is 406 g/mol. The number of benzene rings is 1. The first kappa shape index (κ1) is 22.8. The fourth-order valence-corrected chi connectivity index (χ4v) is 3.19. The van der Waals surface area contributed by atoms with Crippen molar-refractivity contribution in [3.63, 3.8) is 0 Å². The third kappa shape index (κ3) is 6.53. The fraction of sp³-hybridized carbons (Fsp3) is 0.286. The molecule has 0 aliphatic rings. The smallest absolute Gasteiger partial charge is 0.328 e. The molecule has 1 heterocycles. The second kappa shape index (κ2) is 10.9. The van der Waals surface area contributed by atoms with E-state index in [2.05, 4.69) is 10.3 Å². The standard InChI is InChI=1S/C21H21N3O5S/c1-13-12-30-20(23-13)17(10-22)18(25)11-29-21(27)14(2)24-19(26)9-6-15-4-7-16(28-3)8-5-15/h4-9,12,14,17H,11H2,1-3H3,(H,24,26)/b9-6+. The Bertz CT molecular complexity index is 975. The summed E-state index contributed by atoms with van der Waals surface area (Å²) in [6.07, 6.45) is 2.87. The number of methoxy groups -OCH3 is 1. The molecule has 0 bridgehead atoms. The van der Waals surface area contributed by atoms with Crippen LogP contribution in [0.5, 0.6) is 5.75 Å². The van der Waals surface area contributed by atoms with Crippen LogP contribution in [0.15, 0.2) is 35.7 Å². The second-order valence-electron chi connectivity index (χ2n) is 6.30. The first-order chi connectivity index (χ1) is 14.3. The summed E-state index contributed by atoms with van der Waals surface area (Å²) in [4.78, 5) is 40.4. The van der Waals surface area contributed by atoms with Crippen LogP contribution < -0.4 is 10.1 Å². The lowest BCUT2D eigenvalue weighted by Crippen LogP contribution is -2.39. The Morgan fingerprint density at radius 3 is 2.57 bits per heavy atom. The van der Waals surface area contributed by atoms with Crippen LogP contribution in [0.25, 0.3) is 6.08 Å². The molecule has 0 aliphatic heterocycles. The molecule has 1 N–H and O–H groups in total. The highest BCUT2D eigenvalue weighted by Gasteiger charge is 2.25. The first-order valence-electron chi connectivity index (χ1n) is 8.97. The molecule has 0 saturated heterocycles. The summed E-state index contributed by atoms with van der Waals surface area (Å²) in [6.45, 7) is 2.63. The number of amides is 1. The monoisotopic (exact) mass is 427 g/mol. The Kier molecular flexibility index (Phi) is 8.26. The maximum Gasteiger partial charge on any atom is 0.328 e. The van der Waals surface area contributed by atoms with Crippen LogP contribution in [0.3, 0.4) is 0 Å². The van der Waals surface area contributed by atoms with Crippen molar-refractivity contribution in [2.75, 3.05) is 13.7 Å². The number of nitriles is 1. The van der Waals surface area contributed by atoms with Gasteiger partial charge in [-0.15, -0.1) is 11.3 Å². The average Bonchev–Trinajstić information content (AvgIpc) is 3.17. The van der Waals surface area contributed by atoms with Gasteiger partial charge in [-0.25, -0.2) is 9.78 Å². The van der Waals surface area contributed by atoms with Crippen LogP contribution in [0.1, 0.15) is 29.1 Å². The van der Waals surface area contributed by atoms with Crippen molar-refractivity contribution >= 4 is 35.1 Å². The molecule has 0 aliphatic carbocycles. The summed E-state index contributed by atoms with van der Waals surface area (Å²) in [5, 5.41) is 13.8. The van der Waals surface area contributed by atoms with E-state index in [1.807, 2.05) is 6.07 Å². The number of aromatic nitrogens is 1. The van der Waals surface area contributed by atoms with Crippen LogP contribution in [-0.4, -0.2) is 42.4 Å². The maximum absolute atomic E-state index is 12.2. The van der Waals surface area contributed by atoms with Gasteiger partial charge in [-0.1, -0.05) is 12.1 Å². The summed E-state index contributed by atoms with van der Waals surface area (Å²) in [6, 6.07) is 7.99. The molecule has 0 saturated carbocycles. The zero-order chi connectivity index (χ0) is 22.1. The van der Waals surface area contributed by atoms with Crippen molar-refractivity contribution in [2.24, 2.45) is 0 Å². The lowest BCUT2D eigenvalue weighted by molar-refractivity contribution is -0.150. The number of nitrogens with zero attached hydrogens (tertiary/aromatic N) is 2. The van der Waals surface area contributed by atoms with E-state index in [1.165, 1.54) is 24.3 Å². The number of esters is 1. The summed E-state index contributed by atoms with van der Waals surface area (Å²) in [7, 11) is 1.56. The van der Waals surface area contributed by atoms with E-state index in [9.17, 15) is 19.6 Å². The third-order valence-electron chi connectivity index (χ3n) is 3.95. The number of Topliss-reactive ketones (excluding diaryl/α,β-unsaturated/α-hetero) is 1. The van der Waals surface area contributed by atoms with Gasteiger partial charge in [-0.05, 0) is 37.6 Å². The predicted octanol–water partition coefficient (Wildman–Crippen LogP) is 2.40. The number of hydrogen-bond donors (Lipinski definition) is 1. The summed E-state index contributed by atoms with van der Waals surface area (Å²) in [5.41, 5.74) is 1.49. The largest absolute Gasteiger partial charge is 0.497 e. The van der Waals surface area contributed by atoms with Gasteiger partial charge >= 0.3 is 5.97 Å². The quantitative estimate of drug-likeness (QED) is 0.482. The zero-order valence-corrected chi connectivity index (χ0v) is 17.6. The number of ether oxygens (including phenoxy) is 2. The molecule has 0 spiro atoms. The Labute approximate surface area is 178 Å². The molecular formula is C21H21N3O5S. The van der Waals surface area contributed by atoms with Gasteiger partial charge < -0.3 is 14.8 Å². The molecule has 2 aromatic rings. The van der Waals surface area contributed by atoms with Gasteiger partial charge in [0.1, 0.15) is 16.8 Å². The lowest BCUT2D eigenvalue weighted by Gasteiger charge is -2.12. The normalized spacial score (nSPS) is 12.6. The van der Waals surface area contributed by atoms with Gasteiger partial charge in [0.25, 0.3) is 0 Å². The van der Waals surface area contributed by atoms with Crippen LogP contribution >= 0.6 is 11.3 Å². The minimum Gasteiger partial charge on any atom is -0.497 e. The summed E-state index contributed by atoms with van der Waals surface area (Å²) in [5.74, 6) is -2.23. The van der Waals surface area contributed by atoms with Crippen LogP contribution in [-0.2, 0) is 19.1 Å². The van der Waals surface area contributed by atoms with Crippen molar-refractivity contribution in [3.8, 4) is 11.8 Å². The third-order valence-corrected chi connectivity index (χ3v) is 4.97. The molecule has 2 unspecified atom stereocenters. The predicted molar refractivity (Wildman–Crippen MR) is 111 cm³/mol. The van der Waals surface area contributed by atoms with Gasteiger partial charge in [0.05, 0.1) is 13.2 Å². The fourth-order valence-electron chi connectivity index (χ4n) is 2.33. The van der Waals surface area contributed by atoms with Gasteiger partial charge in [0.15, 0.2) is 18.3 Å². The van der Waals surface area contributed by atoms with E-state index in [0.29, 0.717) is 16.5 Å². The van der Waals surface area contributed by atoms with Crippen molar-refractivity contribution < 1.29 is 23.9 Å². The SMILES string of the molecule is COc1ccc(/C=C/C(=O)NC(C)C(=O)OCC(=O)C(C#N)c2nc(C)cs2)cc1. The van der Waals surface area contributed by atoms with Gasteiger partial charge in [-0.2, -0.15) is 5.26 Å². The van der Waals surface area contributed by atoms with E-state index in [0.717, 1.165) is 5.56 Å². The Balaban J connectivity index is 1.83. The van der Waals surface area contributed by atoms with Crippen molar-refractivity contribution in [2.45, 2.75) is 25.8 Å². The van der Waals surface area contributed by atoms with Gasteiger partial charge in [0.2, 0.25) is 5.91 Å². The van der Waals surface area contributed by atoms with Crippen molar-refractivity contribution in [3.05, 3.63) is 52.0 Å². The molecule has 8 nitrogen and oxygen atoms in total. The number of thiazole rings is 1. The lowest BCUT2D eigenvalue weighted by atomic mass is 10.1. The number of nitrogens with one attached hydrogen (secondary N) is 1. The van der Waals surface area contributed by atoms with Gasteiger partial charge in [-0.3, -0.25) is 9.59 Å². The summed E-state index contributed by atoms with van der Waals surface area (Å²) >= 11 is 1.20. The molecule has 0 fully saturated rings. The van der Waals surface area contributed by atoms with E-state index < -0.39 is 36.2 Å². The highest BCUT2D eigenvalue weighted by molar-refractivity contribution is 7.09. The molecule has 1 aromatic heterocycles. The van der Waals surface area contributed by atoms with E-state index in [-0.39, 0.29) is 0 Å². The zero-order valence-electron chi connectivity index (χ0n) is 16.7. The second-order valence-corrected chi connectivity index (χ2v) is 7.19. The van der Waals surface area contributed by atoms with Crippen molar-refractivity contribution in [1.29, 1.82) is 5.26 Å². The molecule has 2 rings (SSSR count). The maximum atomic E-state index is 12.2. The van der Waals surface area contributed by atoms with Gasteiger partial charge in [0, 0.05) is 17.2 Å². The summed E-state index contributed by atoms with van der Waals surface area (Å²) < 4.78 is 10.0. The molecule has 2 atom stereocenters. The number of carbonyl (C=O) groups is 3. The van der Waals surface area contributed by atoms with E-state index in [1.54, 1.807) is 49.8 Å². The number of carbonyl (C=O) groups excluding carboxylic acids is 3. The highest BCUT2D eigenvalue weighted by Crippen LogP contribution is 2.20. The minimum atomic E-state index is -1.09. The number of hydrogen-bond acceptors (Lipinski definition) is 8.